The second-order valence-electron chi connectivity index (χ2n) is 4.54. The van der Waals surface area contributed by atoms with Gasteiger partial charge in [-0.05, 0) is 30.0 Å². The van der Waals surface area contributed by atoms with Crippen LogP contribution in [0.1, 0.15) is 31.7 Å². The quantitative estimate of drug-likeness (QED) is 0.823. The lowest BCUT2D eigenvalue weighted by Crippen LogP contribution is -2.25. The number of nitrogens with zero attached hydrogens (tertiary/aromatic N) is 1. The summed E-state index contributed by atoms with van der Waals surface area (Å²) >= 11 is 1.63. The predicted octanol–water partition coefficient (Wildman–Crippen LogP) is 3.26. The zero-order valence-corrected chi connectivity index (χ0v) is 11.9. The van der Waals surface area contributed by atoms with Crippen LogP contribution in [0.15, 0.2) is 34.4 Å². The van der Waals surface area contributed by atoms with Crippen molar-refractivity contribution in [1.29, 1.82) is 0 Å². The van der Waals surface area contributed by atoms with Crippen LogP contribution in [0, 0.1) is 0 Å². The summed E-state index contributed by atoms with van der Waals surface area (Å²) < 4.78 is 1.80. The normalized spacial score (nSPS) is 10.8. The van der Waals surface area contributed by atoms with Gasteiger partial charge in [-0.15, -0.1) is 11.3 Å². The van der Waals surface area contributed by atoms with Crippen LogP contribution < -0.4 is 5.56 Å². The van der Waals surface area contributed by atoms with Gasteiger partial charge in [0.05, 0.1) is 17.2 Å². The van der Waals surface area contributed by atoms with Gasteiger partial charge in [0.2, 0.25) is 0 Å². The van der Waals surface area contributed by atoms with E-state index in [2.05, 4.69) is 6.92 Å². The number of aliphatic hydroxyl groups excluding tert-OH is 1. The van der Waals surface area contributed by atoms with Gasteiger partial charge in [-0.2, -0.15) is 0 Å². The van der Waals surface area contributed by atoms with Gasteiger partial charge in [-0.3, -0.25) is 4.79 Å². The lowest BCUT2D eigenvalue weighted by Gasteiger charge is -2.13. The number of rotatable bonds is 6. The summed E-state index contributed by atoms with van der Waals surface area (Å²) in [5.41, 5.74) is 1.36. The molecule has 0 saturated carbocycles. The maximum Gasteiger partial charge on any atom is 0.256 e. The van der Waals surface area contributed by atoms with Crippen LogP contribution in [0.2, 0.25) is 0 Å². The molecule has 0 unspecified atom stereocenters. The highest BCUT2D eigenvalue weighted by molar-refractivity contribution is 7.13. The van der Waals surface area contributed by atoms with Crippen molar-refractivity contribution in [2.45, 2.75) is 39.3 Å². The van der Waals surface area contributed by atoms with Crippen molar-refractivity contribution >= 4 is 11.3 Å². The zero-order valence-electron chi connectivity index (χ0n) is 11.1. The molecule has 0 aliphatic heterocycles. The maximum absolute atomic E-state index is 12.3. The summed E-state index contributed by atoms with van der Waals surface area (Å²) in [6.07, 6.45) is 3.23. The highest BCUT2D eigenvalue weighted by Crippen LogP contribution is 2.24. The molecule has 2 heterocycles. The van der Waals surface area contributed by atoms with Crippen molar-refractivity contribution in [3.63, 3.8) is 0 Å². The van der Waals surface area contributed by atoms with Crippen molar-refractivity contribution in [3.8, 4) is 10.6 Å². The number of pyridine rings is 1. The monoisotopic (exact) mass is 277 g/mol. The Morgan fingerprint density at radius 1 is 1.26 bits per heavy atom. The first-order valence-corrected chi connectivity index (χ1v) is 7.53. The summed E-state index contributed by atoms with van der Waals surface area (Å²) in [4.78, 5) is 13.4. The summed E-state index contributed by atoms with van der Waals surface area (Å²) in [6, 6.07) is 7.67. The van der Waals surface area contributed by atoms with Crippen LogP contribution in [0.3, 0.4) is 0 Å². The van der Waals surface area contributed by atoms with E-state index in [1.54, 1.807) is 22.0 Å². The summed E-state index contributed by atoms with van der Waals surface area (Å²) in [6.45, 7) is 2.66. The minimum Gasteiger partial charge on any atom is -0.391 e. The molecule has 0 fully saturated rings. The molecule has 1 N–H and O–H groups in total. The SMILES string of the molecule is CCCCCn1c(-c2cccs2)ccc(CO)c1=O. The molecular formula is C15H19NO2S. The van der Waals surface area contributed by atoms with E-state index < -0.39 is 0 Å². The number of hydrogen-bond donors (Lipinski definition) is 1. The van der Waals surface area contributed by atoms with Gasteiger partial charge < -0.3 is 9.67 Å². The van der Waals surface area contributed by atoms with Crippen LogP contribution in [0.5, 0.6) is 0 Å². The Morgan fingerprint density at radius 3 is 2.74 bits per heavy atom. The van der Waals surface area contributed by atoms with Crippen LogP contribution in [-0.4, -0.2) is 9.67 Å². The Kier molecular flexibility index (Phi) is 4.93. The first kappa shape index (κ1) is 14.0. The first-order valence-electron chi connectivity index (χ1n) is 6.65. The zero-order chi connectivity index (χ0) is 13.7. The van der Waals surface area contributed by atoms with Gasteiger partial charge >= 0.3 is 0 Å². The van der Waals surface area contributed by atoms with Crippen LogP contribution in [0.25, 0.3) is 10.6 Å². The molecule has 2 aromatic rings. The van der Waals surface area contributed by atoms with Crippen LogP contribution in [-0.2, 0) is 13.2 Å². The number of unbranched alkanes of at least 4 members (excludes halogenated alkanes) is 2. The fraction of sp³-hybridized carbons (Fsp3) is 0.400. The number of thiophene rings is 1. The highest BCUT2D eigenvalue weighted by atomic mass is 32.1. The van der Waals surface area contributed by atoms with Gasteiger partial charge in [0.1, 0.15) is 0 Å². The molecule has 0 saturated heterocycles. The maximum atomic E-state index is 12.3. The fourth-order valence-corrected chi connectivity index (χ4v) is 2.89. The van der Waals surface area contributed by atoms with Crippen molar-refractivity contribution in [2.75, 3.05) is 0 Å². The second-order valence-corrected chi connectivity index (χ2v) is 5.49. The molecule has 0 aliphatic carbocycles. The number of aromatic nitrogens is 1. The predicted molar refractivity (Wildman–Crippen MR) is 79.5 cm³/mol. The van der Waals surface area contributed by atoms with Crippen molar-refractivity contribution in [3.05, 3.63) is 45.6 Å². The standard InChI is InChI=1S/C15H19NO2S/c1-2-3-4-9-16-13(14-6-5-10-19-14)8-7-12(11-17)15(16)18/h5-8,10,17H,2-4,9,11H2,1H3. The summed E-state index contributed by atoms with van der Waals surface area (Å²) in [5, 5.41) is 11.2. The second kappa shape index (κ2) is 6.68. The smallest absolute Gasteiger partial charge is 0.256 e. The highest BCUT2D eigenvalue weighted by Gasteiger charge is 2.10. The van der Waals surface area contributed by atoms with E-state index in [4.69, 9.17) is 0 Å². The Labute approximate surface area is 117 Å². The molecule has 3 nitrogen and oxygen atoms in total. The summed E-state index contributed by atoms with van der Waals surface area (Å²) in [7, 11) is 0. The number of aliphatic hydroxyl groups is 1. The van der Waals surface area contributed by atoms with Crippen molar-refractivity contribution in [2.24, 2.45) is 0 Å². The minimum absolute atomic E-state index is 0.0653. The molecule has 0 atom stereocenters. The molecule has 0 amide bonds. The Hall–Kier alpha value is -1.39. The largest absolute Gasteiger partial charge is 0.391 e. The third-order valence-corrected chi connectivity index (χ3v) is 4.07. The molecule has 102 valence electrons. The van der Waals surface area contributed by atoms with Gasteiger partial charge in [-0.1, -0.05) is 25.8 Å². The van der Waals surface area contributed by atoms with E-state index >= 15 is 0 Å². The lowest BCUT2D eigenvalue weighted by atomic mass is 10.2. The average molecular weight is 277 g/mol. The molecule has 0 spiro atoms. The van der Waals surface area contributed by atoms with Gasteiger partial charge in [0.25, 0.3) is 5.56 Å². The van der Waals surface area contributed by atoms with Crippen molar-refractivity contribution in [1.82, 2.24) is 4.57 Å². The Morgan fingerprint density at radius 2 is 2.11 bits per heavy atom. The topological polar surface area (TPSA) is 42.2 Å². The van der Waals surface area contributed by atoms with Crippen LogP contribution in [0.4, 0.5) is 0 Å². The molecule has 0 aromatic carbocycles. The fourth-order valence-electron chi connectivity index (χ4n) is 2.13. The molecule has 0 aliphatic rings. The van der Waals surface area contributed by atoms with Crippen LogP contribution >= 0.6 is 11.3 Å². The molecule has 2 rings (SSSR count). The van der Waals surface area contributed by atoms with E-state index in [1.807, 2.05) is 23.6 Å². The van der Waals surface area contributed by atoms with E-state index in [1.165, 1.54) is 0 Å². The van der Waals surface area contributed by atoms with E-state index in [9.17, 15) is 9.90 Å². The van der Waals surface area contributed by atoms with E-state index in [0.29, 0.717) is 12.1 Å². The Bertz CT molecular complexity index is 572. The molecule has 0 bridgehead atoms. The third-order valence-electron chi connectivity index (χ3n) is 3.18. The molecule has 19 heavy (non-hydrogen) atoms. The van der Waals surface area contributed by atoms with E-state index in [0.717, 1.165) is 29.8 Å². The molecule has 0 radical (unpaired) electrons. The Balaban J connectivity index is 2.42. The van der Waals surface area contributed by atoms with Gasteiger partial charge in [0.15, 0.2) is 0 Å². The lowest BCUT2D eigenvalue weighted by molar-refractivity contribution is 0.279. The van der Waals surface area contributed by atoms with Gasteiger partial charge in [0, 0.05) is 12.1 Å². The minimum atomic E-state index is -0.197. The van der Waals surface area contributed by atoms with E-state index in [-0.39, 0.29) is 12.2 Å². The molecular weight excluding hydrogens is 258 g/mol. The van der Waals surface area contributed by atoms with Gasteiger partial charge in [-0.25, -0.2) is 0 Å². The third kappa shape index (κ3) is 3.14. The first-order chi connectivity index (χ1) is 9.27. The summed E-state index contributed by atoms with van der Waals surface area (Å²) in [5.74, 6) is 0. The number of hydrogen-bond acceptors (Lipinski definition) is 3. The average Bonchev–Trinajstić information content (AvgIpc) is 2.94. The molecule has 4 heteroatoms. The molecule has 2 aromatic heterocycles. The van der Waals surface area contributed by atoms with Crippen molar-refractivity contribution < 1.29 is 5.11 Å².